The van der Waals surface area contributed by atoms with E-state index in [9.17, 15) is 0 Å². The van der Waals surface area contributed by atoms with Gasteiger partial charge in [0.25, 0.3) is 0 Å². The summed E-state index contributed by atoms with van der Waals surface area (Å²) < 4.78 is 2.17. The lowest BCUT2D eigenvalue weighted by molar-refractivity contribution is 0.544. The molecule has 3 heterocycles. The third-order valence-electron chi connectivity index (χ3n) is 3.38. The lowest BCUT2D eigenvalue weighted by Crippen LogP contribution is -2.11. The second-order valence-corrected chi connectivity index (χ2v) is 6.32. The van der Waals surface area contributed by atoms with E-state index in [1.807, 2.05) is 13.1 Å². The van der Waals surface area contributed by atoms with Gasteiger partial charge >= 0.3 is 0 Å². The highest BCUT2D eigenvalue weighted by atomic mass is 35.5. The molecule has 5 heteroatoms. The van der Waals surface area contributed by atoms with Crippen molar-refractivity contribution in [1.29, 1.82) is 0 Å². The number of nitrogens with zero attached hydrogens (tertiary/aromatic N) is 3. The molecule has 0 saturated heterocycles. The number of imidazole rings is 1. The molecule has 0 bridgehead atoms. The van der Waals surface area contributed by atoms with Gasteiger partial charge in [0.05, 0.1) is 5.88 Å². The van der Waals surface area contributed by atoms with E-state index in [2.05, 4.69) is 45.0 Å². The summed E-state index contributed by atoms with van der Waals surface area (Å²) in [6, 6.07) is 6.61. The third-order valence-corrected chi connectivity index (χ3v) is 4.51. The Balaban J connectivity index is 2.04. The predicted molar refractivity (Wildman–Crippen MR) is 84.6 cm³/mol. The predicted octanol–water partition coefficient (Wildman–Crippen LogP) is 4.34. The number of alkyl halides is 1. The van der Waals surface area contributed by atoms with Crippen LogP contribution in [-0.2, 0) is 12.3 Å². The highest BCUT2D eigenvalue weighted by Crippen LogP contribution is 2.25. The summed E-state index contributed by atoms with van der Waals surface area (Å²) in [4.78, 5) is 10.5. The van der Waals surface area contributed by atoms with Crippen molar-refractivity contribution in [3.63, 3.8) is 0 Å². The number of aromatic nitrogens is 3. The van der Waals surface area contributed by atoms with E-state index < -0.39 is 0 Å². The van der Waals surface area contributed by atoms with Crippen molar-refractivity contribution in [2.75, 3.05) is 0 Å². The van der Waals surface area contributed by atoms with Gasteiger partial charge in [-0.2, -0.15) is 0 Å². The van der Waals surface area contributed by atoms with Crippen LogP contribution in [-0.4, -0.2) is 14.5 Å². The Bertz CT molecular complexity index is 718. The first-order valence-electron chi connectivity index (χ1n) is 6.61. The van der Waals surface area contributed by atoms with Gasteiger partial charge in [-0.25, -0.2) is 9.97 Å². The van der Waals surface area contributed by atoms with Crippen LogP contribution in [0, 0.1) is 6.92 Å². The summed E-state index contributed by atoms with van der Waals surface area (Å²) in [5, 5.41) is 2.11. The number of pyridine rings is 1. The normalized spacial score (nSPS) is 12.9. The van der Waals surface area contributed by atoms with Crippen molar-refractivity contribution in [2.24, 2.45) is 0 Å². The van der Waals surface area contributed by atoms with Crippen LogP contribution in [0.2, 0.25) is 0 Å². The van der Waals surface area contributed by atoms with Gasteiger partial charge in [0.1, 0.15) is 11.3 Å². The molecule has 0 aliphatic carbocycles. The molecule has 0 aliphatic rings. The second kappa shape index (κ2) is 5.54. The zero-order valence-electron chi connectivity index (χ0n) is 11.5. The molecule has 0 aliphatic heterocycles. The van der Waals surface area contributed by atoms with Crippen molar-refractivity contribution in [3.05, 3.63) is 46.0 Å². The van der Waals surface area contributed by atoms with E-state index in [-0.39, 0.29) is 0 Å². The maximum absolute atomic E-state index is 6.06. The lowest BCUT2D eigenvalue weighted by atomic mass is 10.2. The Labute approximate surface area is 127 Å². The minimum Gasteiger partial charge on any atom is -0.308 e. The fraction of sp³-hybridized carbons (Fsp3) is 0.333. The summed E-state index contributed by atoms with van der Waals surface area (Å²) in [5.74, 6) is 1.30. The SMILES string of the molecule is Cc1cnc2c(c1)nc(CCl)n2C(C)Cc1cccs1. The maximum atomic E-state index is 6.06. The van der Waals surface area contributed by atoms with Crippen molar-refractivity contribution < 1.29 is 0 Å². The number of thiophene rings is 1. The number of rotatable bonds is 4. The minimum absolute atomic E-state index is 0.294. The van der Waals surface area contributed by atoms with Crippen LogP contribution in [0.15, 0.2) is 29.8 Å². The Hall–Kier alpha value is -1.39. The molecule has 3 nitrogen and oxygen atoms in total. The average Bonchev–Trinajstić information content (AvgIpc) is 3.04. The molecule has 20 heavy (non-hydrogen) atoms. The molecule has 3 aromatic rings. The fourth-order valence-electron chi connectivity index (χ4n) is 2.50. The van der Waals surface area contributed by atoms with Crippen molar-refractivity contribution in [3.8, 4) is 0 Å². The molecule has 0 fully saturated rings. The van der Waals surface area contributed by atoms with Crippen LogP contribution in [0.4, 0.5) is 0 Å². The average molecular weight is 306 g/mol. The van der Waals surface area contributed by atoms with Crippen LogP contribution in [0.25, 0.3) is 11.2 Å². The summed E-state index contributed by atoms with van der Waals surface area (Å²) in [5.41, 5.74) is 2.98. The molecule has 0 aromatic carbocycles. The highest BCUT2D eigenvalue weighted by Gasteiger charge is 2.17. The number of fused-ring (bicyclic) bond motifs is 1. The standard InChI is InChI=1S/C15H16ClN3S/c1-10-6-13-15(17-9-10)19(14(8-16)18-13)11(2)7-12-4-3-5-20-12/h3-6,9,11H,7-8H2,1-2H3. The first kappa shape index (κ1) is 13.6. The highest BCUT2D eigenvalue weighted by molar-refractivity contribution is 7.09. The number of halogens is 1. The molecule has 3 aromatic heterocycles. The fourth-order valence-corrected chi connectivity index (χ4v) is 3.51. The zero-order chi connectivity index (χ0) is 14.1. The summed E-state index contributed by atoms with van der Waals surface area (Å²) in [6.07, 6.45) is 2.86. The van der Waals surface area contributed by atoms with Gasteiger partial charge in [-0.1, -0.05) is 6.07 Å². The number of hydrogen-bond donors (Lipinski definition) is 0. The first-order chi connectivity index (χ1) is 9.69. The van der Waals surface area contributed by atoms with Crippen molar-refractivity contribution in [2.45, 2.75) is 32.2 Å². The Morgan fingerprint density at radius 2 is 2.30 bits per heavy atom. The van der Waals surface area contributed by atoms with Gasteiger partial charge in [0, 0.05) is 23.5 Å². The Morgan fingerprint density at radius 3 is 3.00 bits per heavy atom. The minimum atomic E-state index is 0.294. The molecule has 104 valence electrons. The molecular formula is C15H16ClN3S. The third kappa shape index (κ3) is 2.45. The van der Waals surface area contributed by atoms with Gasteiger partial charge in [0.2, 0.25) is 0 Å². The molecule has 3 rings (SSSR count). The van der Waals surface area contributed by atoms with Crippen molar-refractivity contribution in [1.82, 2.24) is 14.5 Å². The molecule has 0 spiro atoms. The van der Waals surface area contributed by atoms with Crippen LogP contribution in [0.1, 0.15) is 29.2 Å². The summed E-state index contributed by atoms with van der Waals surface area (Å²) in [7, 11) is 0. The largest absolute Gasteiger partial charge is 0.308 e. The van der Waals surface area contributed by atoms with E-state index in [1.54, 1.807) is 11.3 Å². The molecule has 0 amide bonds. The quantitative estimate of drug-likeness (QED) is 0.671. The maximum Gasteiger partial charge on any atom is 0.160 e. The number of hydrogen-bond acceptors (Lipinski definition) is 3. The van der Waals surface area contributed by atoms with E-state index in [0.717, 1.165) is 29.0 Å². The van der Waals surface area contributed by atoms with E-state index in [0.29, 0.717) is 11.9 Å². The molecule has 1 atom stereocenters. The van der Waals surface area contributed by atoms with Gasteiger partial charge in [-0.05, 0) is 36.9 Å². The van der Waals surface area contributed by atoms with Gasteiger partial charge in [-0.15, -0.1) is 22.9 Å². The van der Waals surface area contributed by atoms with Gasteiger partial charge in [0.15, 0.2) is 5.65 Å². The topological polar surface area (TPSA) is 30.7 Å². The van der Waals surface area contributed by atoms with Crippen molar-refractivity contribution >= 4 is 34.1 Å². The zero-order valence-corrected chi connectivity index (χ0v) is 13.1. The molecule has 0 saturated carbocycles. The van der Waals surface area contributed by atoms with E-state index >= 15 is 0 Å². The molecule has 0 radical (unpaired) electrons. The Kier molecular flexibility index (Phi) is 3.76. The summed E-state index contributed by atoms with van der Waals surface area (Å²) in [6.45, 7) is 4.22. The molecular weight excluding hydrogens is 290 g/mol. The second-order valence-electron chi connectivity index (χ2n) is 5.02. The van der Waals surface area contributed by atoms with Crippen LogP contribution >= 0.6 is 22.9 Å². The first-order valence-corrected chi connectivity index (χ1v) is 8.02. The van der Waals surface area contributed by atoms with Gasteiger partial charge in [-0.3, -0.25) is 0 Å². The number of aryl methyl sites for hydroxylation is 1. The van der Waals surface area contributed by atoms with Gasteiger partial charge < -0.3 is 4.57 Å². The lowest BCUT2D eigenvalue weighted by Gasteiger charge is -2.15. The Morgan fingerprint density at radius 1 is 1.45 bits per heavy atom. The van der Waals surface area contributed by atoms with E-state index in [4.69, 9.17) is 11.6 Å². The van der Waals surface area contributed by atoms with Crippen LogP contribution in [0.5, 0.6) is 0 Å². The summed E-state index contributed by atoms with van der Waals surface area (Å²) >= 11 is 7.84. The van der Waals surface area contributed by atoms with Crippen LogP contribution in [0.3, 0.4) is 0 Å². The van der Waals surface area contributed by atoms with E-state index in [1.165, 1.54) is 4.88 Å². The molecule has 0 N–H and O–H groups in total. The molecule has 1 unspecified atom stereocenters. The smallest absolute Gasteiger partial charge is 0.160 e. The monoisotopic (exact) mass is 305 g/mol. The van der Waals surface area contributed by atoms with Crippen LogP contribution < -0.4 is 0 Å².